The number of rotatable bonds is 12. The molecule has 7 nitrogen and oxygen atoms in total. The fraction of sp³-hybridized carbons (Fsp3) is 0.481. The largest absolute Gasteiger partial charge is 0.352 e. The lowest BCUT2D eigenvalue weighted by molar-refractivity contribution is -0.140. The van der Waals surface area contributed by atoms with Crippen LogP contribution in [0.2, 0.25) is 5.02 Å². The van der Waals surface area contributed by atoms with Gasteiger partial charge in [0.2, 0.25) is 21.8 Å². The molecule has 0 heterocycles. The van der Waals surface area contributed by atoms with Gasteiger partial charge in [-0.15, -0.1) is 0 Å². The highest BCUT2D eigenvalue weighted by Crippen LogP contribution is 2.29. The van der Waals surface area contributed by atoms with Crippen molar-refractivity contribution < 1.29 is 18.0 Å². The molecule has 1 N–H and O–H groups in total. The van der Waals surface area contributed by atoms with Crippen LogP contribution in [0.5, 0.6) is 0 Å². The summed E-state index contributed by atoms with van der Waals surface area (Å²) < 4.78 is 26.9. The van der Waals surface area contributed by atoms with E-state index < -0.39 is 28.5 Å². The maximum Gasteiger partial charge on any atom is 0.244 e. The first-order valence-corrected chi connectivity index (χ1v) is 14.5. The summed E-state index contributed by atoms with van der Waals surface area (Å²) in [5.74, 6) is -0.668. The normalized spacial score (nSPS) is 13.2. The molecule has 198 valence electrons. The van der Waals surface area contributed by atoms with E-state index in [0.29, 0.717) is 17.1 Å². The molecule has 0 unspecified atom stereocenters. The number of carbonyl (C=O) groups is 2. The summed E-state index contributed by atoms with van der Waals surface area (Å²) in [5, 5.41) is 3.53. The maximum absolute atomic E-state index is 13.8. The molecule has 2 rings (SSSR count). The van der Waals surface area contributed by atoms with Gasteiger partial charge in [0, 0.05) is 17.6 Å². The molecule has 0 aliphatic heterocycles. The van der Waals surface area contributed by atoms with Crippen molar-refractivity contribution in [2.75, 3.05) is 17.1 Å². The number of nitrogens with one attached hydrogen (secondary N) is 1. The van der Waals surface area contributed by atoms with Crippen molar-refractivity contribution in [1.82, 2.24) is 10.2 Å². The van der Waals surface area contributed by atoms with Crippen LogP contribution < -0.4 is 9.62 Å². The summed E-state index contributed by atoms with van der Waals surface area (Å²) in [5.41, 5.74) is 2.07. The lowest BCUT2D eigenvalue weighted by atomic mass is 10.0. The zero-order valence-corrected chi connectivity index (χ0v) is 23.6. The van der Waals surface area contributed by atoms with Crippen molar-refractivity contribution in [2.24, 2.45) is 0 Å². The minimum Gasteiger partial charge on any atom is -0.352 e. The standard InChI is InChI=1S/C27H38ClN3O4S/c1-7-20(5)29-27(33)24(8-2)30(17-21-13-15-22(28)16-14-21)26(32)18-31(36(6,34)35)25-12-10-9-11-23(25)19(3)4/h9-16,19-20,24H,7-8,17-18H2,1-6H3,(H,29,33)/t20-,24-/m0/s1. The molecule has 0 aliphatic rings. The Labute approximate surface area is 220 Å². The van der Waals surface area contributed by atoms with Gasteiger partial charge in [0.05, 0.1) is 11.9 Å². The van der Waals surface area contributed by atoms with E-state index in [1.807, 2.05) is 46.8 Å². The van der Waals surface area contributed by atoms with E-state index in [9.17, 15) is 18.0 Å². The van der Waals surface area contributed by atoms with Gasteiger partial charge in [-0.25, -0.2) is 8.42 Å². The zero-order chi connectivity index (χ0) is 27.0. The Morgan fingerprint density at radius 1 is 0.972 bits per heavy atom. The van der Waals surface area contributed by atoms with Gasteiger partial charge in [0.15, 0.2) is 0 Å². The second-order valence-corrected chi connectivity index (χ2v) is 11.7. The molecule has 2 aromatic rings. The Morgan fingerprint density at radius 3 is 2.11 bits per heavy atom. The molecule has 9 heteroatoms. The van der Waals surface area contributed by atoms with E-state index in [4.69, 9.17) is 11.6 Å². The molecular formula is C27H38ClN3O4S. The second-order valence-electron chi connectivity index (χ2n) is 9.37. The molecule has 0 aromatic heterocycles. The topological polar surface area (TPSA) is 86.8 Å². The van der Waals surface area contributed by atoms with Crippen LogP contribution in [-0.4, -0.2) is 50.0 Å². The fourth-order valence-electron chi connectivity index (χ4n) is 3.94. The maximum atomic E-state index is 13.8. The molecule has 2 atom stereocenters. The van der Waals surface area contributed by atoms with Crippen LogP contribution >= 0.6 is 11.6 Å². The highest BCUT2D eigenvalue weighted by Gasteiger charge is 2.32. The first-order chi connectivity index (χ1) is 16.9. The van der Waals surface area contributed by atoms with Gasteiger partial charge < -0.3 is 10.2 Å². The Balaban J connectivity index is 2.49. The monoisotopic (exact) mass is 535 g/mol. The van der Waals surface area contributed by atoms with E-state index in [1.54, 1.807) is 36.4 Å². The third-order valence-corrected chi connectivity index (χ3v) is 7.54. The highest BCUT2D eigenvalue weighted by molar-refractivity contribution is 7.92. The molecule has 0 radical (unpaired) electrons. The molecule has 0 fully saturated rings. The first-order valence-electron chi connectivity index (χ1n) is 12.3. The van der Waals surface area contributed by atoms with Gasteiger partial charge in [-0.1, -0.05) is 69.6 Å². The minimum atomic E-state index is -3.79. The minimum absolute atomic E-state index is 0.0513. The summed E-state index contributed by atoms with van der Waals surface area (Å²) in [4.78, 5) is 28.4. The quantitative estimate of drug-likeness (QED) is 0.416. The van der Waals surface area contributed by atoms with E-state index in [1.165, 1.54) is 4.90 Å². The van der Waals surface area contributed by atoms with Crippen LogP contribution in [-0.2, 0) is 26.2 Å². The molecule has 0 saturated heterocycles. The van der Waals surface area contributed by atoms with Crippen LogP contribution in [0.1, 0.15) is 64.5 Å². The van der Waals surface area contributed by atoms with Gasteiger partial charge in [-0.05, 0) is 55.0 Å². The van der Waals surface area contributed by atoms with E-state index in [-0.39, 0.29) is 24.4 Å². The highest BCUT2D eigenvalue weighted by atomic mass is 35.5. The molecular weight excluding hydrogens is 498 g/mol. The summed E-state index contributed by atoms with van der Waals surface area (Å²) in [6.07, 6.45) is 2.22. The number of sulfonamides is 1. The van der Waals surface area contributed by atoms with Crippen molar-refractivity contribution in [2.45, 2.75) is 72.0 Å². The van der Waals surface area contributed by atoms with Gasteiger partial charge in [0.1, 0.15) is 12.6 Å². The van der Waals surface area contributed by atoms with Crippen molar-refractivity contribution >= 4 is 39.1 Å². The van der Waals surface area contributed by atoms with Crippen LogP contribution in [0.4, 0.5) is 5.69 Å². The summed E-state index contributed by atoms with van der Waals surface area (Å²) >= 11 is 6.03. The number of carbonyl (C=O) groups excluding carboxylic acids is 2. The van der Waals surface area contributed by atoms with Gasteiger partial charge in [-0.2, -0.15) is 0 Å². The van der Waals surface area contributed by atoms with Gasteiger partial charge in [-0.3, -0.25) is 13.9 Å². The lowest BCUT2D eigenvalue weighted by Crippen LogP contribution is -2.53. The summed E-state index contributed by atoms with van der Waals surface area (Å²) in [6.45, 7) is 9.39. The number of para-hydroxylation sites is 1. The van der Waals surface area contributed by atoms with E-state index in [0.717, 1.165) is 28.1 Å². The molecule has 2 amide bonds. The number of hydrogen-bond acceptors (Lipinski definition) is 4. The Bertz CT molecular complexity index is 1140. The predicted octanol–water partition coefficient (Wildman–Crippen LogP) is 4.95. The summed E-state index contributed by atoms with van der Waals surface area (Å²) in [7, 11) is -3.79. The van der Waals surface area contributed by atoms with Crippen molar-refractivity contribution in [1.29, 1.82) is 0 Å². The van der Waals surface area contributed by atoms with Crippen molar-refractivity contribution in [3.8, 4) is 0 Å². The van der Waals surface area contributed by atoms with Gasteiger partial charge in [0.25, 0.3) is 0 Å². The Kier molecular flexibility index (Phi) is 10.8. The van der Waals surface area contributed by atoms with Crippen LogP contribution in [0, 0.1) is 0 Å². The number of nitrogens with zero attached hydrogens (tertiary/aromatic N) is 2. The molecule has 0 saturated carbocycles. The van der Waals surface area contributed by atoms with Crippen LogP contribution in [0.15, 0.2) is 48.5 Å². The lowest BCUT2D eigenvalue weighted by Gasteiger charge is -2.34. The summed E-state index contributed by atoms with van der Waals surface area (Å²) in [6, 6.07) is 13.4. The smallest absolute Gasteiger partial charge is 0.244 e. The average Bonchev–Trinajstić information content (AvgIpc) is 2.82. The van der Waals surface area contributed by atoms with Crippen molar-refractivity contribution in [3.63, 3.8) is 0 Å². The molecule has 0 bridgehead atoms. The SMILES string of the molecule is CC[C@H](C)NC(=O)[C@H](CC)N(Cc1ccc(Cl)cc1)C(=O)CN(c1ccccc1C(C)C)S(C)(=O)=O. The molecule has 0 aliphatic carbocycles. The number of benzene rings is 2. The van der Waals surface area contributed by atoms with Gasteiger partial charge >= 0.3 is 0 Å². The number of halogens is 1. The van der Waals surface area contributed by atoms with Crippen molar-refractivity contribution in [3.05, 3.63) is 64.7 Å². The van der Waals surface area contributed by atoms with E-state index >= 15 is 0 Å². The Hall–Kier alpha value is -2.58. The average molecular weight is 536 g/mol. The van der Waals surface area contributed by atoms with E-state index in [2.05, 4.69) is 5.32 Å². The third-order valence-electron chi connectivity index (χ3n) is 6.16. The van der Waals surface area contributed by atoms with Crippen LogP contribution in [0.25, 0.3) is 0 Å². The first kappa shape index (κ1) is 29.6. The third kappa shape index (κ3) is 7.96. The fourth-order valence-corrected chi connectivity index (χ4v) is 4.94. The van der Waals surface area contributed by atoms with Crippen LogP contribution in [0.3, 0.4) is 0 Å². The number of anilines is 1. The zero-order valence-electron chi connectivity index (χ0n) is 22.0. The second kappa shape index (κ2) is 13.1. The molecule has 36 heavy (non-hydrogen) atoms. The number of hydrogen-bond donors (Lipinski definition) is 1. The molecule has 2 aromatic carbocycles. The molecule has 0 spiro atoms. The Morgan fingerprint density at radius 2 is 1.58 bits per heavy atom. The predicted molar refractivity (Wildman–Crippen MR) is 147 cm³/mol. The number of amides is 2.